The van der Waals surface area contributed by atoms with Crippen LogP contribution in [0.25, 0.3) is 0 Å². The van der Waals surface area contributed by atoms with Gasteiger partial charge in [0, 0.05) is 0 Å². The Hall–Kier alpha value is 0.334. The zero-order valence-electron chi connectivity index (χ0n) is 3.62. The summed E-state index contributed by atoms with van der Waals surface area (Å²) >= 11 is 0. The molecule has 0 aliphatic heterocycles. The van der Waals surface area contributed by atoms with Crippen molar-refractivity contribution in [1.82, 2.24) is 0 Å². The summed E-state index contributed by atoms with van der Waals surface area (Å²) < 4.78 is 0. The molecular weight excluding hydrogens is 173 g/mol. The van der Waals surface area contributed by atoms with Crippen LogP contribution in [-0.2, 0) is 16.5 Å². The number of nitrogens with zero attached hydrogens (tertiary/aromatic N) is 2. The molecule has 0 saturated heterocycles. The van der Waals surface area contributed by atoms with Gasteiger partial charge in [-0.15, -0.1) is 0 Å². The first-order chi connectivity index (χ1) is 2.00. The summed E-state index contributed by atoms with van der Waals surface area (Å²) in [6, 6.07) is 0. The zero-order chi connectivity index (χ0) is 4.00. The molecule has 5 heteroatoms. The van der Waals surface area contributed by atoms with E-state index in [-0.39, 0.29) is 36.3 Å². The SMILES string of the molecule is P.P.[C-]#N.[C-]#N.[Ni+2]. The first-order valence-corrected chi connectivity index (χ1v) is 0.447. The summed E-state index contributed by atoms with van der Waals surface area (Å²) in [6.45, 7) is 9.50. The Labute approximate surface area is 60.4 Å². The van der Waals surface area contributed by atoms with Crippen molar-refractivity contribution in [3.8, 4) is 0 Å². The minimum atomic E-state index is 0. The van der Waals surface area contributed by atoms with Gasteiger partial charge in [-0.2, -0.15) is 19.8 Å². The number of hydrogen-bond acceptors (Lipinski definition) is 2. The van der Waals surface area contributed by atoms with Gasteiger partial charge in [-0.3, -0.25) is 0 Å². The molecular formula is C2H6N2NiP2. The number of rotatable bonds is 0. The fourth-order valence-corrected chi connectivity index (χ4v) is 0. The molecule has 0 aliphatic carbocycles. The van der Waals surface area contributed by atoms with Crippen LogP contribution in [0.5, 0.6) is 0 Å². The van der Waals surface area contributed by atoms with E-state index in [0.717, 1.165) is 0 Å². The predicted octanol–water partition coefficient (Wildman–Crippen LogP) is 0.306. The molecule has 0 spiro atoms. The molecule has 0 N–H and O–H groups in total. The Kier molecular flexibility index (Phi) is 12500. The molecule has 0 radical (unpaired) electrons. The fourth-order valence-electron chi connectivity index (χ4n) is 0. The molecule has 0 heterocycles. The van der Waals surface area contributed by atoms with Crippen LogP contribution in [0.3, 0.4) is 0 Å². The average Bonchev–Trinajstić information content (AvgIpc) is 1.50. The van der Waals surface area contributed by atoms with Crippen LogP contribution in [-0.4, -0.2) is 0 Å². The summed E-state index contributed by atoms with van der Waals surface area (Å²) in [7, 11) is 0. The summed E-state index contributed by atoms with van der Waals surface area (Å²) in [4.78, 5) is 0. The van der Waals surface area contributed by atoms with Crippen molar-refractivity contribution in [1.29, 1.82) is 10.5 Å². The van der Waals surface area contributed by atoms with Crippen LogP contribution in [0.2, 0.25) is 0 Å². The van der Waals surface area contributed by atoms with E-state index in [2.05, 4.69) is 0 Å². The average molecular weight is 179 g/mol. The van der Waals surface area contributed by atoms with Crippen LogP contribution in [0.4, 0.5) is 0 Å². The predicted molar refractivity (Wildman–Crippen MR) is 32.1 cm³/mol. The van der Waals surface area contributed by atoms with Crippen molar-refractivity contribution in [2.45, 2.75) is 0 Å². The van der Waals surface area contributed by atoms with Gasteiger partial charge in [-0.1, -0.05) is 0 Å². The van der Waals surface area contributed by atoms with Gasteiger partial charge in [0.1, 0.15) is 0 Å². The normalized spacial score (nSPS) is 0.571. The third kappa shape index (κ3) is 1070. The Morgan fingerprint density at radius 3 is 0.714 bits per heavy atom. The maximum atomic E-state index is 6.25. The first-order valence-electron chi connectivity index (χ1n) is 0.447. The molecule has 0 aromatic carbocycles. The molecule has 7 heavy (non-hydrogen) atoms. The van der Waals surface area contributed by atoms with Crippen molar-refractivity contribution in [2.75, 3.05) is 0 Å². The van der Waals surface area contributed by atoms with E-state index >= 15 is 0 Å². The van der Waals surface area contributed by atoms with Crippen molar-refractivity contribution in [2.24, 2.45) is 0 Å². The van der Waals surface area contributed by atoms with E-state index in [0.29, 0.717) is 0 Å². The third-order valence-corrected chi connectivity index (χ3v) is 0. The second-order valence-corrected chi connectivity index (χ2v) is 0. The molecule has 0 aromatic rings. The molecule has 0 rings (SSSR count). The van der Waals surface area contributed by atoms with Gasteiger partial charge in [-0.05, 0) is 0 Å². The molecule has 0 aliphatic rings. The maximum Gasteiger partial charge on any atom is 2.00 e. The Balaban J connectivity index is -0.00000000267. The van der Waals surface area contributed by atoms with Crippen molar-refractivity contribution >= 4 is 19.8 Å². The van der Waals surface area contributed by atoms with Crippen molar-refractivity contribution in [3.63, 3.8) is 0 Å². The zero-order valence-corrected chi connectivity index (χ0v) is 7.44. The van der Waals surface area contributed by atoms with E-state index in [1.54, 1.807) is 0 Å². The second-order valence-electron chi connectivity index (χ2n) is 0. The maximum absolute atomic E-state index is 6.25. The van der Waals surface area contributed by atoms with Crippen LogP contribution in [0, 0.1) is 23.7 Å². The topological polar surface area (TPSA) is 47.6 Å². The molecule has 0 amide bonds. The molecule has 0 saturated carbocycles. The summed E-state index contributed by atoms with van der Waals surface area (Å²) in [5.74, 6) is 0. The first kappa shape index (κ1) is 54.0. The van der Waals surface area contributed by atoms with E-state index < -0.39 is 0 Å². The van der Waals surface area contributed by atoms with Gasteiger partial charge < -0.3 is 23.7 Å². The van der Waals surface area contributed by atoms with Crippen LogP contribution in [0.15, 0.2) is 0 Å². The van der Waals surface area contributed by atoms with E-state index in [9.17, 15) is 0 Å². The number of hydrogen-bond donors (Lipinski definition) is 0. The summed E-state index contributed by atoms with van der Waals surface area (Å²) in [5, 5.41) is 12.5. The summed E-state index contributed by atoms with van der Waals surface area (Å²) in [5.41, 5.74) is 0. The van der Waals surface area contributed by atoms with Gasteiger partial charge in [0.05, 0.1) is 0 Å². The standard InChI is InChI=1S/2CN.Ni.2H3P/c2*1-2;;;/h;;;2*1H3/q2*-1;+2;;. The smallest absolute Gasteiger partial charge is 0.512 e. The molecule has 44 valence electrons. The molecule has 2 atom stereocenters. The van der Waals surface area contributed by atoms with Crippen LogP contribution < -0.4 is 0 Å². The van der Waals surface area contributed by atoms with Crippen LogP contribution >= 0.6 is 19.8 Å². The van der Waals surface area contributed by atoms with Crippen molar-refractivity contribution in [3.05, 3.63) is 13.1 Å². The molecule has 0 aromatic heterocycles. The molecule has 0 bridgehead atoms. The minimum absolute atomic E-state index is 0. The van der Waals surface area contributed by atoms with E-state index in [4.69, 9.17) is 23.7 Å². The monoisotopic (exact) mass is 178 g/mol. The minimum Gasteiger partial charge on any atom is -0.512 e. The second kappa shape index (κ2) is 1620. The fraction of sp³-hybridized carbons (Fsp3) is 0. The summed E-state index contributed by atoms with van der Waals surface area (Å²) in [6.07, 6.45) is 0. The largest absolute Gasteiger partial charge is 2.00 e. The third-order valence-electron chi connectivity index (χ3n) is 0. The van der Waals surface area contributed by atoms with Gasteiger partial charge in [-0.25, -0.2) is 0 Å². The van der Waals surface area contributed by atoms with E-state index in [1.165, 1.54) is 0 Å². The van der Waals surface area contributed by atoms with Gasteiger partial charge in [0.15, 0.2) is 0 Å². The molecule has 0 fully saturated rings. The van der Waals surface area contributed by atoms with Crippen molar-refractivity contribution < 1.29 is 16.5 Å². The Bertz CT molecular complexity index is 29.2. The molecule has 2 nitrogen and oxygen atoms in total. The van der Waals surface area contributed by atoms with E-state index in [1.807, 2.05) is 0 Å². The van der Waals surface area contributed by atoms with Crippen LogP contribution in [0.1, 0.15) is 0 Å². The molecule has 2 unspecified atom stereocenters. The van der Waals surface area contributed by atoms with Gasteiger partial charge in [0.2, 0.25) is 0 Å². The van der Waals surface area contributed by atoms with Gasteiger partial charge >= 0.3 is 16.5 Å². The van der Waals surface area contributed by atoms with Gasteiger partial charge in [0.25, 0.3) is 0 Å². The Morgan fingerprint density at radius 2 is 0.714 bits per heavy atom. The quantitative estimate of drug-likeness (QED) is 0.305. The Morgan fingerprint density at radius 1 is 0.714 bits per heavy atom.